The van der Waals surface area contributed by atoms with Gasteiger partial charge in [0.1, 0.15) is 6.61 Å². The lowest BCUT2D eigenvalue weighted by molar-refractivity contribution is -0.142. The number of hydrogen-bond donors (Lipinski definition) is 1. The van der Waals surface area contributed by atoms with Crippen LogP contribution < -0.4 is 0 Å². The summed E-state index contributed by atoms with van der Waals surface area (Å²) in [4.78, 5) is 29.2. The Morgan fingerprint density at radius 1 is 1.31 bits per heavy atom. The van der Waals surface area contributed by atoms with Gasteiger partial charge in [-0.2, -0.15) is 0 Å². The molecule has 1 N–H and O–H groups in total. The van der Waals surface area contributed by atoms with E-state index in [9.17, 15) is 9.59 Å². The molecule has 1 amide bonds. The van der Waals surface area contributed by atoms with Gasteiger partial charge < -0.3 is 24.0 Å². The van der Waals surface area contributed by atoms with Crippen molar-refractivity contribution in [3.63, 3.8) is 0 Å². The Bertz CT molecular complexity index is 856. The number of thioether (sulfide) groups is 1. The van der Waals surface area contributed by atoms with Gasteiger partial charge in [0.2, 0.25) is 0 Å². The van der Waals surface area contributed by atoms with Gasteiger partial charge in [-0.15, -0.1) is 0 Å². The van der Waals surface area contributed by atoms with Crippen LogP contribution in [0.25, 0.3) is 11.0 Å². The predicted molar refractivity (Wildman–Crippen MR) is 110 cm³/mol. The van der Waals surface area contributed by atoms with Gasteiger partial charge in [0.05, 0.1) is 24.2 Å². The molecule has 0 aliphatic carbocycles. The van der Waals surface area contributed by atoms with Crippen molar-refractivity contribution in [3.05, 3.63) is 24.3 Å². The van der Waals surface area contributed by atoms with Crippen molar-refractivity contribution in [1.29, 1.82) is 0 Å². The second-order valence-corrected chi connectivity index (χ2v) is 7.92. The van der Waals surface area contributed by atoms with Crippen molar-refractivity contribution in [3.8, 4) is 0 Å². The van der Waals surface area contributed by atoms with E-state index >= 15 is 0 Å². The number of benzene rings is 1. The van der Waals surface area contributed by atoms with Crippen molar-refractivity contribution in [1.82, 2.24) is 14.5 Å². The van der Waals surface area contributed by atoms with Crippen molar-refractivity contribution in [2.24, 2.45) is 5.92 Å². The van der Waals surface area contributed by atoms with Crippen LogP contribution in [-0.4, -0.2) is 70.8 Å². The normalized spacial score (nSPS) is 19.4. The molecule has 1 aromatic carbocycles. The number of amides is 1. The summed E-state index contributed by atoms with van der Waals surface area (Å²) >= 11 is 1.64. The first-order valence-corrected chi connectivity index (χ1v) is 11.0. The van der Waals surface area contributed by atoms with E-state index in [-0.39, 0.29) is 37.9 Å². The molecular weight excluding hydrogens is 394 g/mol. The lowest BCUT2D eigenvalue weighted by Gasteiger charge is -2.37. The third-order valence-corrected chi connectivity index (χ3v) is 5.73. The van der Waals surface area contributed by atoms with Crippen molar-refractivity contribution >= 4 is 34.9 Å². The Kier molecular flexibility index (Phi) is 7.38. The topological polar surface area (TPSA) is 93.9 Å². The molecule has 0 radical (unpaired) electrons. The molecule has 8 nitrogen and oxygen atoms in total. The lowest BCUT2D eigenvalue weighted by atomic mass is 9.93. The van der Waals surface area contributed by atoms with Gasteiger partial charge in [-0.25, -0.2) is 14.6 Å². The minimum atomic E-state index is -1.01. The molecule has 2 heterocycles. The van der Waals surface area contributed by atoms with Crippen LogP contribution in [0.2, 0.25) is 0 Å². The van der Waals surface area contributed by atoms with Crippen molar-refractivity contribution in [2.75, 3.05) is 39.2 Å². The van der Waals surface area contributed by atoms with Crippen molar-refractivity contribution < 1.29 is 24.2 Å². The third kappa shape index (κ3) is 5.22. The number of rotatable bonds is 8. The molecule has 1 fully saturated rings. The molecule has 2 atom stereocenters. The highest BCUT2D eigenvalue weighted by Crippen LogP contribution is 2.35. The van der Waals surface area contributed by atoms with Crippen LogP contribution in [0.3, 0.4) is 0 Å². The minimum absolute atomic E-state index is 0.218. The van der Waals surface area contributed by atoms with Crippen LogP contribution in [0.15, 0.2) is 29.4 Å². The molecule has 158 valence electrons. The molecule has 0 bridgehead atoms. The van der Waals surface area contributed by atoms with Gasteiger partial charge in [0.25, 0.3) is 0 Å². The summed E-state index contributed by atoms with van der Waals surface area (Å²) in [5.74, 6) is -0.743. The molecule has 1 aromatic heterocycles. The third-order valence-electron chi connectivity index (χ3n) is 5.08. The fourth-order valence-electron chi connectivity index (χ4n) is 3.74. The zero-order valence-electron chi connectivity index (χ0n) is 16.7. The zero-order valence-corrected chi connectivity index (χ0v) is 17.6. The number of carboxylic acid groups (broad SMARTS) is 1. The van der Waals surface area contributed by atoms with Gasteiger partial charge in [-0.05, 0) is 30.7 Å². The monoisotopic (exact) mass is 421 g/mol. The first kappa shape index (κ1) is 21.4. The maximum Gasteiger partial charge on any atom is 0.409 e. The SMILES string of the molecule is CSc1nc2ccccc2n1C1CCN(C(=O)OCCCOCC(=O)O)C[C@@H]1C. The number of carbonyl (C=O) groups is 2. The quantitative estimate of drug-likeness (QED) is 0.516. The average Bonchev–Trinajstić information content (AvgIpc) is 3.08. The number of aromatic nitrogens is 2. The number of para-hydroxylation sites is 2. The molecule has 1 unspecified atom stereocenters. The molecule has 1 aliphatic heterocycles. The average molecular weight is 422 g/mol. The van der Waals surface area contributed by atoms with Crippen LogP contribution in [0.5, 0.6) is 0 Å². The molecule has 29 heavy (non-hydrogen) atoms. The van der Waals surface area contributed by atoms with Gasteiger partial charge >= 0.3 is 12.1 Å². The number of carbonyl (C=O) groups excluding carboxylic acids is 1. The van der Waals surface area contributed by atoms with Crippen molar-refractivity contribution in [2.45, 2.75) is 31.0 Å². The highest BCUT2D eigenvalue weighted by molar-refractivity contribution is 7.98. The fraction of sp³-hybridized carbons (Fsp3) is 0.550. The van der Waals surface area contributed by atoms with Gasteiger partial charge in [-0.3, -0.25) is 0 Å². The van der Waals surface area contributed by atoms with Crippen LogP contribution >= 0.6 is 11.8 Å². The minimum Gasteiger partial charge on any atom is -0.480 e. The molecule has 9 heteroatoms. The summed E-state index contributed by atoms with van der Waals surface area (Å²) in [5, 5.41) is 9.51. The number of hydrogen-bond acceptors (Lipinski definition) is 6. The van der Waals surface area contributed by atoms with E-state index in [4.69, 9.17) is 19.6 Å². The Morgan fingerprint density at radius 3 is 2.83 bits per heavy atom. The summed E-state index contributed by atoms with van der Waals surface area (Å²) in [6.45, 7) is 3.55. The molecule has 1 aliphatic rings. The Labute approximate surface area is 174 Å². The number of aliphatic carboxylic acids is 1. The fourth-order valence-corrected chi connectivity index (χ4v) is 4.36. The number of ether oxygens (including phenoxy) is 2. The molecule has 3 rings (SSSR count). The standard InChI is InChI=1S/C20H27N3O5S/c1-14-12-22(20(26)28-11-5-10-27-13-18(24)25)9-8-16(14)23-17-7-4-3-6-15(17)21-19(23)29-2/h3-4,6-7,14,16H,5,8-13H2,1-2H3,(H,24,25)/t14-,16?/m0/s1. The van der Waals surface area contributed by atoms with Gasteiger partial charge in [0, 0.05) is 25.6 Å². The summed E-state index contributed by atoms with van der Waals surface area (Å²) in [5.41, 5.74) is 2.13. The summed E-state index contributed by atoms with van der Waals surface area (Å²) in [6.07, 6.45) is 3.03. The van der Waals surface area contributed by atoms with E-state index in [1.807, 2.05) is 24.5 Å². The Balaban J connectivity index is 1.54. The van der Waals surface area contributed by atoms with E-state index in [0.717, 1.165) is 22.6 Å². The van der Waals surface area contributed by atoms with E-state index in [1.165, 1.54) is 0 Å². The molecule has 1 saturated heterocycles. The Hall–Kier alpha value is -2.26. The van der Waals surface area contributed by atoms with E-state index in [0.29, 0.717) is 19.5 Å². The van der Waals surface area contributed by atoms with Crippen LogP contribution in [-0.2, 0) is 14.3 Å². The van der Waals surface area contributed by atoms with Gasteiger partial charge in [-0.1, -0.05) is 30.8 Å². The number of likely N-dealkylation sites (tertiary alicyclic amines) is 1. The summed E-state index contributed by atoms with van der Waals surface area (Å²) in [6, 6.07) is 8.43. The second kappa shape index (κ2) is 9.98. The first-order valence-electron chi connectivity index (χ1n) is 9.73. The number of fused-ring (bicyclic) bond motifs is 1. The highest BCUT2D eigenvalue weighted by atomic mass is 32.2. The summed E-state index contributed by atoms with van der Waals surface area (Å²) in [7, 11) is 0. The number of nitrogens with zero attached hydrogens (tertiary/aromatic N) is 3. The van der Waals surface area contributed by atoms with Crippen LogP contribution in [0.1, 0.15) is 25.8 Å². The maximum absolute atomic E-state index is 12.4. The largest absolute Gasteiger partial charge is 0.480 e. The number of imidazole rings is 1. The smallest absolute Gasteiger partial charge is 0.409 e. The van der Waals surface area contributed by atoms with Gasteiger partial charge in [0.15, 0.2) is 5.16 Å². The lowest BCUT2D eigenvalue weighted by Crippen LogP contribution is -2.44. The summed E-state index contributed by atoms with van der Waals surface area (Å²) < 4.78 is 12.6. The van der Waals surface area contributed by atoms with E-state index in [2.05, 4.69) is 17.6 Å². The van der Waals surface area contributed by atoms with E-state index in [1.54, 1.807) is 16.7 Å². The highest BCUT2D eigenvalue weighted by Gasteiger charge is 2.32. The zero-order chi connectivity index (χ0) is 20.8. The molecular formula is C20H27N3O5S. The van der Waals surface area contributed by atoms with E-state index < -0.39 is 5.97 Å². The maximum atomic E-state index is 12.4. The second-order valence-electron chi connectivity index (χ2n) is 7.15. The molecule has 0 saturated carbocycles. The Morgan fingerprint density at radius 2 is 2.10 bits per heavy atom. The number of carboxylic acids is 1. The van der Waals surface area contributed by atoms with Crippen LogP contribution in [0.4, 0.5) is 4.79 Å². The predicted octanol–water partition coefficient (Wildman–Crippen LogP) is 3.27. The molecule has 2 aromatic rings. The molecule has 0 spiro atoms. The van der Waals surface area contributed by atoms with Crippen LogP contribution in [0, 0.1) is 5.92 Å². The number of piperidine rings is 1. The first-order chi connectivity index (χ1) is 14.0.